The number of amides is 1. The lowest BCUT2D eigenvalue weighted by molar-refractivity contribution is 0.0793. The fourth-order valence-corrected chi connectivity index (χ4v) is 2.89. The van der Waals surface area contributed by atoms with E-state index in [0.717, 1.165) is 43.6 Å². The predicted octanol–water partition coefficient (Wildman–Crippen LogP) is 2.49. The second-order valence-electron chi connectivity index (χ2n) is 5.63. The average Bonchev–Trinajstić information content (AvgIpc) is 3.10. The van der Waals surface area contributed by atoms with Gasteiger partial charge in [-0.05, 0) is 43.5 Å². The van der Waals surface area contributed by atoms with Crippen molar-refractivity contribution in [2.45, 2.75) is 19.3 Å². The van der Waals surface area contributed by atoms with E-state index in [1.165, 1.54) is 5.56 Å². The first-order valence-electron chi connectivity index (χ1n) is 7.83. The number of rotatable bonds is 4. The Morgan fingerprint density at radius 1 is 1.14 bits per heavy atom. The number of nitrogens with two attached hydrogens (primary N) is 1. The number of hydrogen-bond donors (Lipinski definition) is 1. The molecule has 1 amide bonds. The van der Waals surface area contributed by atoms with Crippen LogP contribution in [0.4, 0.5) is 0 Å². The molecule has 1 aromatic carbocycles. The van der Waals surface area contributed by atoms with E-state index in [1.807, 2.05) is 29.2 Å². The van der Waals surface area contributed by atoms with Gasteiger partial charge in [0.1, 0.15) is 0 Å². The third-order valence-corrected chi connectivity index (χ3v) is 4.09. The molecule has 1 saturated heterocycles. The molecule has 1 fully saturated rings. The van der Waals surface area contributed by atoms with Gasteiger partial charge in [-0.3, -0.25) is 9.78 Å². The molecule has 0 aliphatic carbocycles. The van der Waals surface area contributed by atoms with Crippen LogP contribution in [0, 0.1) is 0 Å². The minimum atomic E-state index is 0.0895. The van der Waals surface area contributed by atoms with Crippen LogP contribution in [0.5, 0.6) is 0 Å². The summed E-state index contributed by atoms with van der Waals surface area (Å²) in [6, 6.07) is 11.9. The maximum absolute atomic E-state index is 12.7. The number of pyridine rings is 1. The molecule has 3 rings (SSSR count). The summed E-state index contributed by atoms with van der Waals surface area (Å²) in [5, 5.41) is 0. The number of aromatic nitrogens is 1. The van der Waals surface area contributed by atoms with Crippen molar-refractivity contribution in [2.75, 3.05) is 19.6 Å². The van der Waals surface area contributed by atoms with Gasteiger partial charge in [-0.25, -0.2) is 0 Å². The zero-order valence-corrected chi connectivity index (χ0v) is 12.7. The number of carbonyl (C=O) groups is 1. The van der Waals surface area contributed by atoms with E-state index in [9.17, 15) is 4.79 Å². The quantitative estimate of drug-likeness (QED) is 0.942. The Balaban J connectivity index is 1.91. The van der Waals surface area contributed by atoms with Crippen molar-refractivity contribution in [3.05, 3.63) is 53.7 Å². The lowest BCUT2D eigenvalue weighted by Gasteiger charge is -2.17. The van der Waals surface area contributed by atoms with Gasteiger partial charge in [0.25, 0.3) is 5.91 Å². The lowest BCUT2D eigenvalue weighted by Crippen LogP contribution is -2.28. The fourth-order valence-electron chi connectivity index (χ4n) is 2.89. The van der Waals surface area contributed by atoms with Crippen molar-refractivity contribution < 1.29 is 4.79 Å². The van der Waals surface area contributed by atoms with E-state index in [2.05, 4.69) is 17.1 Å². The minimum absolute atomic E-state index is 0.0895. The fraction of sp³-hybridized carbons (Fsp3) is 0.333. The number of hydrogen-bond acceptors (Lipinski definition) is 3. The molecule has 1 aliphatic rings. The Morgan fingerprint density at radius 2 is 1.86 bits per heavy atom. The van der Waals surface area contributed by atoms with Crippen molar-refractivity contribution in [3.8, 4) is 11.3 Å². The molecule has 0 radical (unpaired) electrons. The molecule has 1 aromatic heterocycles. The second kappa shape index (κ2) is 6.71. The summed E-state index contributed by atoms with van der Waals surface area (Å²) >= 11 is 0. The van der Waals surface area contributed by atoms with Crippen molar-refractivity contribution in [1.29, 1.82) is 0 Å². The highest BCUT2D eigenvalue weighted by Gasteiger charge is 2.22. The molecule has 1 aliphatic heterocycles. The van der Waals surface area contributed by atoms with Gasteiger partial charge >= 0.3 is 0 Å². The molecule has 4 heteroatoms. The highest BCUT2D eigenvalue weighted by molar-refractivity contribution is 6.00. The Kier molecular flexibility index (Phi) is 4.49. The molecule has 22 heavy (non-hydrogen) atoms. The number of benzene rings is 1. The SMILES string of the molecule is NCCc1ccc(-c2ncccc2C(=O)N2CCCC2)cc1. The largest absolute Gasteiger partial charge is 0.339 e. The Morgan fingerprint density at radius 3 is 2.55 bits per heavy atom. The Bertz CT molecular complexity index is 646. The number of nitrogens with zero attached hydrogens (tertiary/aromatic N) is 2. The first kappa shape index (κ1) is 14.7. The van der Waals surface area contributed by atoms with Gasteiger partial charge in [-0.1, -0.05) is 24.3 Å². The molecule has 4 nitrogen and oxygen atoms in total. The summed E-state index contributed by atoms with van der Waals surface area (Å²) in [6.45, 7) is 2.34. The van der Waals surface area contributed by atoms with Crippen LogP contribution in [0.1, 0.15) is 28.8 Å². The van der Waals surface area contributed by atoms with Crippen molar-refractivity contribution in [2.24, 2.45) is 5.73 Å². The highest BCUT2D eigenvalue weighted by atomic mass is 16.2. The highest BCUT2D eigenvalue weighted by Crippen LogP contribution is 2.24. The molecule has 0 unspecified atom stereocenters. The topological polar surface area (TPSA) is 59.2 Å². The third-order valence-electron chi connectivity index (χ3n) is 4.09. The van der Waals surface area contributed by atoms with Gasteiger partial charge in [0.2, 0.25) is 0 Å². The van der Waals surface area contributed by atoms with E-state index in [-0.39, 0.29) is 5.91 Å². The Labute approximate surface area is 131 Å². The Hall–Kier alpha value is -2.20. The first-order valence-corrected chi connectivity index (χ1v) is 7.83. The molecule has 0 bridgehead atoms. The number of likely N-dealkylation sites (tertiary alicyclic amines) is 1. The molecule has 114 valence electrons. The zero-order valence-electron chi connectivity index (χ0n) is 12.7. The standard InChI is InChI=1S/C18H21N3O/c19-10-9-14-5-7-15(8-6-14)17-16(4-3-11-20-17)18(22)21-12-1-2-13-21/h3-8,11H,1-2,9-10,12-13,19H2. The summed E-state index contributed by atoms with van der Waals surface area (Å²) < 4.78 is 0. The van der Waals surface area contributed by atoms with Gasteiger partial charge in [0, 0.05) is 24.8 Å². The van der Waals surface area contributed by atoms with Crippen LogP contribution in [0.2, 0.25) is 0 Å². The monoisotopic (exact) mass is 295 g/mol. The molecule has 0 atom stereocenters. The molecule has 2 N–H and O–H groups in total. The summed E-state index contributed by atoms with van der Waals surface area (Å²) in [4.78, 5) is 19.0. The van der Waals surface area contributed by atoms with Crippen molar-refractivity contribution >= 4 is 5.91 Å². The molecule has 2 heterocycles. The van der Waals surface area contributed by atoms with E-state index < -0.39 is 0 Å². The summed E-state index contributed by atoms with van der Waals surface area (Å²) in [5.41, 5.74) is 9.21. The van der Waals surface area contributed by atoms with Gasteiger partial charge in [0.05, 0.1) is 11.3 Å². The van der Waals surface area contributed by atoms with Crippen LogP contribution in [-0.4, -0.2) is 35.4 Å². The molecular weight excluding hydrogens is 274 g/mol. The maximum Gasteiger partial charge on any atom is 0.256 e. The first-order chi connectivity index (χ1) is 10.8. The van der Waals surface area contributed by atoms with Gasteiger partial charge in [-0.15, -0.1) is 0 Å². The second-order valence-corrected chi connectivity index (χ2v) is 5.63. The molecule has 0 saturated carbocycles. The number of carbonyl (C=O) groups excluding carboxylic acids is 1. The average molecular weight is 295 g/mol. The van der Waals surface area contributed by atoms with E-state index >= 15 is 0 Å². The van der Waals surface area contributed by atoms with Crippen molar-refractivity contribution in [3.63, 3.8) is 0 Å². The lowest BCUT2D eigenvalue weighted by atomic mass is 10.0. The van der Waals surface area contributed by atoms with Crippen LogP contribution in [-0.2, 0) is 6.42 Å². The van der Waals surface area contributed by atoms with E-state index in [0.29, 0.717) is 12.1 Å². The smallest absolute Gasteiger partial charge is 0.256 e. The summed E-state index contributed by atoms with van der Waals surface area (Å²) in [6.07, 6.45) is 4.79. The normalized spacial score (nSPS) is 14.3. The van der Waals surface area contributed by atoms with Crippen LogP contribution in [0.3, 0.4) is 0 Å². The van der Waals surface area contributed by atoms with E-state index in [1.54, 1.807) is 6.20 Å². The molecule has 2 aromatic rings. The predicted molar refractivity (Wildman–Crippen MR) is 87.6 cm³/mol. The van der Waals surface area contributed by atoms with Crippen molar-refractivity contribution in [1.82, 2.24) is 9.88 Å². The van der Waals surface area contributed by atoms with E-state index in [4.69, 9.17) is 5.73 Å². The van der Waals surface area contributed by atoms with Gasteiger partial charge in [0.15, 0.2) is 0 Å². The maximum atomic E-state index is 12.7. The van der Waals surface area contributed by atoms with Crippen LogP contribution in [0.25, 0.3) is 11.3 Å². The van der Waals surface area contributed by atoms with Crippen LogP contribution < -0.4 is 5.73 Å². The minimum Gasteiger partial charge on any atom is -0.339 e. The third kappa shape index (κ3) is 3.02. The zero-order chi connectivity index (χ0) is 15.4. The van der Waals surface area contributed by atoms with Gasteiger partial charge in [-0.2, -0.15) is 0 Å². The van der Waals surface area contributed by atoms with Crippen LogP contribution in [0.15, 0.2) is 42.6 Å². The molecule has 0 spiro atoms. The summed E-state index contributed by atoms with van der Waals surface area (Å²) in [5.74, 6) is 0.0895. The molecular formula is C18H21N3O. The summed E-state index contributed by atoms with van der Waals surface area (Å²) in [7, 11) is 0. The van der Waals surface area contributed by atoms with Gasteiger partial charge < -0.3 is 10.6 Å². The van der Waals surface area contributed by atoms with Crippen LogP contribution >= 0.6 is 0 Å².